The maximum Gasteiger partial charge on any atom is 0.269 e. The fourth-order valence-corrected chi connectivity index (χ4v) is 2.73. The Hall–Kier alpha value is -1.56. The summed E-state index contributed by atoms with van der Waals surface area (Å²) < 4.78 is 0. The van der Waals surface area contributed by atoms with Crippen LogP contribution in [0.4, 0.5) is 11.4 Å². The van der Waals surface area contributed by atoms with Crippen molar-refractivity contribution in [2.45, 2.75) is 19.3 Å². The molecule has 0 atom stereocenters. The zero-order valence-electron chi connectivity index (χ0n) is 10.9. The number of nitro benzene ring substituents is 1. The molecule has 0 amide bonds. The number of amidine groups is 1. The third-order valence-electron chi connectivity index (χ3n) is 3.09. The van der Waals surface area contributed by atoms with Crippen LogP contribution in [0.3, 0.4) is 0 Å². The van der Waals surface area contributed by atoms with Crippen molar-refractivity contribution in [2.24, 2.45) is 4.99 Å². The largest absolute Gasteiger partial charge is 0.351 e. The highest BCUT2D eigenvalue weighted by molar-refractivity contribution is 8.13. The predicted molar refractivity (Wildman–Crippen MR) is 79.1 cm³/mol. The molecule has 1 saturated heterocycles. The maximum absolute atomic E-state index is 10.6. The van der Waals surface area contributed by atoms with Gasteiger partial charge in [-0.2, -0.15) is 0 Å². The van der Waals surface area contributed by atoms with Gasteiger partial charge in [-0.05, 0) is 37.7 Å². The van der Waals surface area contributed by atoms with E-state index in [1.54, 1.807) is 23.9 Å². The Morgan fingerprint density at radius 2 is 1.89 bits per heavy atom. The molecule has 1 fully saturated rings. The number of hydrogen-bond donors (Lipinski definition) is 0. The van der Waals surface area contributed by atoms with E-state index in [-0.39, 0.29) is 5.69 Å². The maximum atomic E-state index is 10.6. The summed E-state index contributed by atoms with van der Waals surface area (Å²) in [5.41, 5.74) is 0.864. The van der Waals surface area contributed by atoms with E-state index in [4.69, 9.17) is 0 Å². The molecular formula is C13H17N3O2S. The topological polar surface area (TPSA) is 58.7 Å². The fourth-order valence-electron chi connectivity index (χ4n) is 2.09. The van der Waals surface area contributed by atoms with Gasteiger partial charge in [-0.15, -0.1) is 0 Å². The van der Waals surface area contributed by atoms with Crippen molar-refractivity contribution in [3.8, 4) is 0 Å². The third kappa shape index (κ3) is 3.70. The zero-order chi connectivity index (χ0) is 13.7. The van der Waals surface area contributed by atoms with Crippen LogP contribution in [0.5, 0.6) is 0 Å². The van der Waals surface area contributed by atoms with E-state index in [9.17, 15) is 10.1 Å². The van der Waals surface area contributed by atoms with E-state index in [1.807, 2.05) is 6.26 Å². The Labute approximate surface area is 116 Å². The molecule has 1 aliphatic rings. The van der Waals surface area contributed by atoms with Gasteiger partial charge < -0.3 is 4.90 Å². The number of nitrogens with zero attached hydrogens (tertiary/aromatic N) is 3. The lowest BCUT2D eigenvalue weighted by Crippen LogP contribution is -2.33. The van der Waals surface area contributed by atoms with Crippen molar-refractivity contribution in [1.29, 1.82) is 0 Å². The molecule has 0 radical (unpaired) electrons. The summed E-state index contributed by atoms with van der Waals surface area (Å²) in [7, 11) is 0. The number of piperidine rings is 1. The molecule has 0 bridgehead atoms. The highest BCUT2D eigenvalue weighted by Crippen LogP contribution is 2.22. The van der Waals surface area contributed by atoms with E-state index in [0.29, 0.717) is 0 Å². The van der Waals surface area contributed by atoms with Crippen molar-refractivity contribution in [2.75, 3.05) is 19.3 Å². The number of benzene rings is 1. The molecule has 1 aliphatic heterocycles. The van der Waals surface area contributed by atoms with Crippen molar-refractivity contribution in [1.82, 2.24) is 4.90 Å². The van der Waals surface area contributed by atoms with Crippen molar-refractivity contribution in [3.63, 3.8) is 0 Å². The van der Waals surface area contributed by atoms with Gasteiger partial charge in [0.1, 0.15) is 0 Å². The third-order valence-corrected chi connectivity index (χ3v) is 3.81. The first-order chi connectivity index (χ1) is 9.20. The monoisotopic (exact) mass is 279 g/mol. The molecule has 0 aromatic heterocycles. The van der Waals surface area contributed by atoms with Crippen LogP contribution in [-0.4, -0.2) is 34.3 Å². The molecule has 2 rings (SSSR count). The summed E-state index contributed by atoms with van der Waals surface area (Å²) in [5, 5.41) is 11.6. The molecule has 19 heavy (non-hydrogen) atoms. The Bertz CT molecular complexity index is 467. The lowest BCUT2D eigenvalue weighted by atomic mass is 10.1. The molecule has 0 saturated carbocycles. The lowest BCUT2D eigenvalue weighted by molar-refractivity contribution is -0.384. The van der Waals surface area contributed by atoms with E-state index in [2.05, 4.69) is 9.89 Å². The number of thioether (sulfide) groups is 1. The Kier molecular flexibility index (Phi) is 4.79. The van der Waals surface area contributed by atoms with Crippen LogP contribution in [0.2, 0.25) is 0 Å². The molecule has 1 aromatic rings. The molecule has 6 heteroatoms. The minimum Gasteiger partial charge on any atom is -0.351 e. The lowest BCUT2D eigenvalue weighted by Gasteiger charge is -2.28. The summed E-state index contributed by atoms with van der Waals surface area (Å²) in [6, 6.07) is 6.37. The number of non-ortho nitro benzene ring substituents is 1. The molecule has 5 nitrogen and oxygen atoms in total. The van der Waals surface area contributed by atoms with Crippen molar-refractivity contribution in [3.05, 3.63) is 34.4 Å². The summed E-state index contributed by atoms with van der Waals surface area (Å²) in [4.78, 5) is 17.1. The van der Waals surface area contributed by atoms with Gasteiger partial charge in [0.15, 0.2) is 5.17 Å². The van der Waals surface area contributed by atoms with Gasteiger partial charge in [0.05, 0.1) is 10.6 Å². The standard InChI is InChI=1S/C13H17N3O2S/c1-19-13(15-9-3-2-4-10-15)14-11-5-7-12(8-6-11)16(17)18/h5-8H,2-4,9-10H2,1H3. The summed E-state index contributed by atoms with van der Waals surface area (Å²) in [5.74, 6) is 0. The Morgan fingerprint density at radius 3 is 2.42 bits per heavy atom. The predicted octanol–water partition coefficient (Wildman–Crippen LogP) is 3.43. The van der Waals surface area contributed by atoms with Crippen LogP contribution < -0.4 is 0 Å². The number of rotatable bonds is 2. The van der Waals surface area contributed by atoms with Gasteiger partial charge in [0, 0.05) is 25.2 Å². The number of nitro groups is 1. The van der Waals surface area contributed by atoms with E-state index >= 15 is 0 Å². The molecule has 0 unspecified atom stereocenters. The van der Waals surface area contributed by atoms with E-state index in [0.717, 1.165) is 23.9 Å². The summed E-state index contributed by atoms with van der Waals surface area (Å²) >= 11 is 1.62. The van der Waals surface area contributed by atoms with E-state index < -0.39 is 4.92 Å². The second-order valence-electron chi connectivity index (χ2n) is 4.42. The van der Waals surface area contributed by atoms with Crippen LogP contribution in [0, 0.1) is 10.1 Å². The van der Waals surface area contributed by atoms with Gasteiger partial charge in [-0.1, -0.05) is 11.8 Å². The molecular weight excluding hydrogens is 262 g/mol. The molecule has 0 N–H and O–H groups in total. The minimum atomic E-state index is -0.395. The molecule has 1 heterocycles. The average molecular weight is 279 g/mol. The van der Waals surface area contributed by atoms with Gasteiger partial charge in [0.25, 0.3) is 5.69 Å². The van der Waals surface area contributed by atoms with E-state index in [1.165, 1.54) is 31.4 Å². The normalized spacial score (nSPS) is 16.5. The van der Waals surface area contributed by atoms with Crippen LogP contribution in [0.1, 0.15) is 19.3 Å². The van der Waals surface area contributed by atoms with Gasteiger partial charge in [-0.25, -0.2) is 4.99 Å². The number of likely N-dealkylation sites (tertiary alicyclic amines) is 1. The Balaban J connectivity index is 2.14. The fraction of sp³-hybridized carbons (Fsp3) is 0.462. The number of hydrogen-bond acceptors (Lipinski definition) is 4. The second kappa shape index (κ2) is 6.56. The van der Waals surface area contributed by atoms with Crippen molar-refractivity contribution >= 4 is 28.3 Å². The summed E-state index contributed by atoms with van der Waals surface area (Å²) in [6.07, 6.45) is 5.72. The second-order valence-corrected chi connectivity index (χ2v) is 5.19. The van der Waals surface area contributed by atoms with Crippen LogP contribution in [-0.2, 0) is 0 Å². The zero-order valence-corrected chi connectivity index (χ0v) is 11.7. The molecule has 0 spiro atoms. The smallest absolute Gasteiger partial charge is 0.269 e. The average Bonchev–Trinajstić information content (AvgIpc) is 2.46. The molecule has 1 aromatic carbocycles. The van der Waals surface area contributed by atoms with Crippen LogP contribution in [0.15, 0.2) is 29.3 Å². The van der Waals surface area contributed by atoms with Crippen LogP contribution in [0.25, 0.3) is 0 Å². The molecule has 102 valence electrons. The highest BCUT2D eigenvalue weighted by atomic mass is 32.2. The molecule has 0 aliphatic carbocycles. The minimum absolute atomic E-state index is 0.0997. The quantitative estimate of drug-likeness (QED) is 0.360. The van der Waals surface area contributed by atoms with Crippen molar-refractivity contribution < 1.29 is 4.92 Å². The highest BCUT2D eigenvalue weighted by Gasteiger charge is 2.14. The van der Waals surface area contributed by atoms with Gasteiger partial charge in [-0.3, -0.25) is 10.1 Å². The summed E-state index contributed by atoms with van der Waals surface area (Å²) in [6.45, 7) is 2.10. The first-order valence-electron chi connectivity index (χ1n) is 6.33. The Morgan fingerprint density at radius 1 is 1.26 bits per heavy atom. The van der Waals surface area contributed by atoms with Crippen LogP contribution >= 0.6 is 11.8 Å². The van der Waals surface area contributed by atoms with Gasteiger partial charge >= 0.3 is 0 Å². The number of aliphatic imine (C=N–C) groups is 1. The van der Waals surface area contributed by atoms with Gasteiger partial charge in [0.2, 0.25) is 0 Å². The first kappa shape index (κ1) is 13.9. The SMILES string of the molecule is CSC(=Nc1ccc([N+](=O)[O-])cc1)N1CCCCC1. The first-order valence-corrected chi connectivity index (χ1v) is 7.55.